The molecule has 2 aromatic rings. The molecule has 0 fully saturated rings. The fraction of sp³-hybridized carbons (Fsp3) is 0.533. The molecule has 6 nitrogen and oxygen atoms in total. The first kappa shape index (κ1) is 16.5. The molecule has 0 aliphatic rings. The number of thiazole rings is 1. The van der Waals surface area contributed by atoms with Crippen molar-refractivity contribution in [3.8, 4) is 0 Å². The zero-order chi connectivity index (χ0) is 15.9. The van der Waals surface area contributed by atoms with Crippen LogP contribution in [0.15, 0.2) is 18.5 Å². The minimum absolute atomic E-state index is 0.127. The SMILES string of the molecule is Cc1nc(CCNC(=O)NC[C@H](C)Cn2cccn2)sc1C. The van der Waals surface area contributed by atoms with Crippen LogP contribution in [0, 0.1) is 19.8 Å². The molecule has 0 radical (unpaired) electrons. The smallest absolute Gasteiger partial charge is 0.314 e. The van der Waals surface area contributed by atoms with Gasteiger partial charge in [0.2, 0.25) is 0 Å². The van der Waals surface area contributed by atoms with E-state index in [9.17, 15) is 4.79 Å². The van der Waals surface area contributed by atoms with Gasteiger partial charge >= 0.3 is 6.03 Å². The van der Waals surface area contributed by atoms with Crippen LogP contribution in [0.2, 0.25) is 0 Å². The zero-order valence-electron chi connectivity index (χ0n) is 13.3. The predicted molar refractivity (Wildman–Crippen MR) is 88.1 cm³/mol. The van der Waals surface area contributed by atoms with Crippen molar-refractivity contribution in [1.82, 2.24) is 25.4 Å². The molecule has 0 spiro atoms. The highest BCUT2D eigenvalue weighted by molar-refractivity contribution is 7.11. The molecule has 0 aromatic carbocycles. The molecule has 2 amide bonds. The molecule has 2 aromatic heterocycles. The molecule has 2 heterocycles. The standard InChI is InChI=1S/C15H23N5OS/c1-11(10-20-8-4-6-18-20)9-17-15(21)16-7-5-14-19-12(2)13(3)22-14/h4,6,8,11H,5,7,9-10H2,1-3H3,(H2,16,17,21)/t11-/m0/s1. The third-order valence-electron chi connectivity index (χ3n) is 3.37. The molecule has 1 atom stereocenters. The second-order valence-electron chi connectivity index (χ2n) is 5.47. The molecule has 7 heteroatoms. The van der Waals surface area contributed by atoms with E-state index in [1.54, 1.807) is 17.5 Å². The normalized spacial score (nSPS) is 12.1. The summed E-state index contributed by atoms with van der Waals surface area (Å²) in [6.45, 7) is 8.19. The van der Waals surface area contributed by atoms with Crippen molar-refractivity contribution < 1.29 is 4.79 Å². The lowest BCUT2D eigenvalue weighted by Gasteiger charge is -2.13. The summed E-state index contributed by atoms with van der Waals surface area (Å²) in [6, 6.07) is 1.77. The van der Waals surface area contributed by atoms with Crippen molar-refractivity contribution in [3.63, 3.8) is 0 Å². The number of carbonyl (C=O) groups is 1. The maximum atomic E-state index is 11.8. The zero-order valence-corrected chi connectivity index (χ0v) is 14.1. The van der Waals surface area contributed by atoms with E-state index in [1.807, 2.05) is 23.9 Å². The lowest BCUT2D eigenvalue weighted by molar-refractivity contribution is 0.238. The Morgan fingerprint density at radius 2 is 2.23 bits per heavy atom. The second-order valence-corrected chi connectivity index (χ2v) is 6.76. The first-order chi connectivity index (χ1) is 10.5. The monoisotopic (exact) mass is 321 g/mol. The van der Waals surface area contributed by atoms with Crippen LogP contribution >= 0.6 is 11.3 Å². The van der Waals surface area contributed by atoms with Crippen molar-refractivity contribution in [1.29, 1.82) is 0 Å². The molecular weight excluding hydrogens is 298 g/mol. The lowest BCUT2D eigenvalue weighted by atomic mass is 10.2. The van der Waals surface area contributed by atoms with Crippen LogP contribution in [0.3, 0.4) is 0 Å². The molecule has 0 saturated heterocycles. The number of nitrogens with one attached hydrogen (secondary N) is 2. The van der Waals surface area contributed by atoms with Crippen LogP contribution < -0.4 is 10.6 Å². The number of aromatic nitrogens is 3. The van der Waals surface area contributed by atoms with E-state index in [4.69, 9.17) is 0 Å². The summed E-state index contributed by atoms with van der Waals surface area (Å²) in [5.41, 5.74) is 1.08. The summed E-state index contributed by atoms with van der Waals surface area (Å²) in [4.78, 5) is 17.5. The highest BCUT2D eigenvalue weighted by Gasteiger charge is 2.07. The van der Waals surface area contributed by atoms with Gasteiger partial charge in [-0.15, -0.1) is 11.3 Å². The highest BCUT2D eigenvalue weighted by Crippen LogP contribution is 2.16. The Hall–Kier alpha value is -1.89. The van der Waals surface area contributed by atoms with Crippen LogP contribution in [0.1, 0.15) is 22.5 Å². The summed E-state index contributed by atoms with van der Waals surface area (Å²) in [5.74, 6) is 0.329. The van der Waals surface area contributed by atoms with Gasteiger partial charge in [0, 0.05) is 43.3 Å². The van der Waals surface area contributed by atoms with E-state index >= 15 is 0 Å². The summed E-state index contributed by atoms with van der Waals surface area (Å²) >= 11 is 1.69. The van der Waals surface area contributed by atoms with Crippen LogP contribution in [0.25, 0.3) is 0 Å². The number of amides is 2. The van der Waals surface area contributed by atoms with Gasteiger partial charge in [-0.25, -0.2) is 9.78 Å². The Labute approximate surface area is 135 Å². The van der Waals surface area contributed by atoms with Gasteiger partial charge in [0.15, 0.2) is 0 Å². The highest BCUT2D eigenvalue weighted by atomic mass is 32.1. The largest absolute Gasteiger partial charge is 0.338 e. The minimum atomic E-state index is -0.127. The van der Waals surface area contributed by atoms with E-state index in [2.05, 4.69) is 34.6 Å². The van der Waals surface area contributed by atoms with Gasteiger partial charge in [-0.1, -0.05) is 6.92 Å². The number of rotatable bonds is 7. The third kappa shape index (κ3) is 5.14. The Morgan fingerprint density at radius 1 is 1.41 bits per heavy atom. The first-order valence-electron chi connectivity index (χ1n) is 7.46. The number of hydrogen-bond donors (Lipinski definition) is 2. The van der Waals surface area contributed by atoms with Crippen molar-refractivity contribution in [2.75, 3.05) is 13.1 Å². The molecular formula is C15H23N5OS. The Balaban J connectivity index is 1.61. The third-order valence-corrected chi connectivity index (χ3v) is 4.50. The number of aryl methyl sites for hydroxylation is 2. The van der Waals surface area contributed by atoms with E-state index < -0.39 is 0 Å². The van der Waals surface area contributed by atoms with E-state index in [0.717, 1.165) is 23.7 Å². The van der Waals surface area contributed by atoms with Crippen LogP contribution in [-0.4, -0.2) is 33.9 Å². The summed E-state index contributed by atoms with van der Waals surface area (Å²) in [6.07, 6.45) is 4.46. The molecule has 0 aliphatic heterocycles. The molecule has 0 saturated carbocycles. The van der Waals surface area contributed by atoms with E-state index in [-0.39, 0.29) is 6.03 Å². The lowest BCUT2D eigenvalue weighted by Crippen LogP contribution is -2.39. The quantitative estimate of drug-likeness (QED) is 0.820. The van der Waals surface area contributed by atoms with Gasteiger partial charge in [-0.05, 0) is 25.8 Å². The van der Waals surface area contributed by atoms with Gasteiger partial charge in [0.25, 0.3) is 0 Å². The van der Waals surface area contributed by atoms with Gasteiger partial charge in [0.1, 0.15) is 0 Å². The minimum Gasteiger partial charge on any atom is -0.338 e. The number of hydrogen-bond acceptors (Lipinski definition) is 4. The maximum Gasteiger partial charge on any atom is 0.314 e. The molecule has 2 N–H and O–H groups in total. The number of carbonyl (C=O) groups excluding carboxylic acids is 1. The topological polar surface area (TPSA) is 71.8 Å². The van der Waals surface area contributed by atoms with Crippen LogP contribution in [0.4, 0.5) is 4.79 Å². The Bertz CT molecular complexity index is 574. The molecule has 0 unspecified atom stereocenters. The van der Waals surface area contributed by atoms with Crippen molar-refractivity contribution in [2.45, 2.75) is 33.7 Å². The van der Waals surface area contributed by atoms with Gasteiger partial charge in [0.05, 0.1) is 10.7 Å². The molecule has 0 bridgehead atoms. The average Bonchev–Trinajstić information content (AvgIpc) is 3.07. The van der Waals surface area contributed by atoms with Crippen LogP contribution in [-0.2, 0) is 13.0 Å². The average molecular weight is 321 g/mol. The van der Waals surface area contributed by atoms with Crippen molar-refractivity contribution in [3.05, 3.63) is 34.0 Å². The molecule has 0 aliphatic carbocycles. The van der Waals surface area contributed by atoms with Crippen molar-refractivity contribution in [2.24, 2.45) is 5.92 Å². The van der Waals surface area contributed by atoms with E-state index in [0.29, 0.717) is 19.0 Å². The number of urea groups is 1. The summed E-state index contributed by atoms with van der Waals surface area (Å²) < 4.78 is 1.87. The first-order valence-corrected chi connectivity index (χ1v) is 8.28. The number of nitrogens with zero attached hydrogens (tertiary/aromatic N) is 3. The fourth-order valence-corrected chi connectivity index (χ4v) is 2.98. The van der Waals surface area contributed by atoms with Gasteiger partial charge < -0.3 is 10.6 Å². The predicted octanol–water partition coefficient (Wildman–Crippen LogP) is 2.13. The van der Waals surface area contributed by atoms with Crippen LogP contribution in [0.5, 0.6) is 0 Å². The second kappa shape index (κ2) is 7.93. The fourth-order valence-electron chi connectivity index (χ4n) is 2.05. The molecule has 2 rings (SSSR count). The molecule has 120 valence electrons. The van der Waals surface area contributed by atoms with Crippen molar-refractivity contribution >= 4 is 17.4 Å². The van der Waals surface area contributed by atoms with E-state index in [1.165, 1.54) is 4.88 Å². The maximum absolute atomic E-state index is 11.8. The Kier molecular flexibility index (Phi) is 5.94. The summed E-state index contributed by atoms with van der Waals surface area (Å²) in [5, 5.41) is 11.0. The summed E-state index contributed by atoms with van der Waals surface area (Å²) in [7, 11) is 0. The molecule has 22 heavy (non-hydrogen) atoms. The van der Waals surface area contributed by atoms with Gasteiger partial charge in [-0.2, -0.15) is 5.10 Å². The Morgan fingerprint density at radius 3 is 2.86 bits per heavy atom. The van der Waals surface area contributed by atoms with Gasteiger partial charge in [-0.3, -0.25) is 4.68 Å².